The van der Waals surface area contributed by atoms with E-state index < -0.39 is 0 Å². The SMILES string of the molecule is COc1ccc2oc(N3CCCC(CC(=O)N4CCNC(=O)C4)C3)nc2c1. The van der Waals surface area contributed by atoms with Crippen LogP contribution in [-0.4, -0.2) is 61.5 Å². The lowest BCUT2D eigenvalue weighted by Crippen LogP contribution is -2.50. The molecule has 2 aromatic rings. The average Bonchev–Trinajstić information content (AvgIpc) is 3.11. The van der Waals surface area contributed by atoms with Crippen molar-refractivity contribution in [1.82, 2.24) is 15.2 Å². The third-order valence-electron chi connectivity index (χ3n) is 5.23. The van der Waals surface area contributed by atoms with Crippen molar-refractivity contribution in [2.75, 3.05) is 44.7 Å². The summed E-state index contributed by atoms with van der Waals surface area (Å²) in [5, 5.41) is 2.75. The van der Waals surface area contributed by atoms with Gasteiger partial charge in [-0.05, 0) is 30.9 Å². The summed E-state index contributed by atoms with van der Waals surface area (Å²) < 4.78 is 11.1. The molecule has 1 aromatic heterocycles. The number of methoxy groups -OCH3 is 1. The largest absolute Gasteiger partial charge is 0.497 e. The zero-order valence-corrected chi connectivity index (χ0v) is 15.4. The van der Waals surface area contributed by atoms with Crippen LogP contribution >= 0.6 is 0 Å². The number of nitrogens with zero attached hydrogens (tertiary/aromatic N) is 3. The van der Waals surface area contributed by atoms with Crippen LogP contribution in [0, 0.1) is 5.92 Å². The van der Waals surface area contributed by atoms with E-state index in [1.54, 1.807) is 12.0 Å². The summed E-state index contributed by atoms with van der Waals surface area (Å²) in [6.07, 6.45) is 2.44. The normalized spacial score (nSPS) is 20.6. The molecule has 4 rings (SSSR count). The molecule has 0 bridgehead atoms. The summed E-state index contributed by atoms with van der Waals surface area (Å²) in [6, 6.07) is 6.16. The molecule has 8 heteroatoms. The number of benzene rings is 1. The van der Waals surface area contributed by atoms with Crippen LogP contribution in [0.4, 0.5) is 6.01 Å². The fraction of sp³-hybridized carbons (Fsp3) is 0.526. The first-order valence-electron chi connectivity index (χ1n) is 9.36. The number of oxazole rings is 1. The Morgan fingerprint density at radius 1 is 1.41 bits per heavy atom. The van der Waals surface area contributed by atoms with Gasteiger partial charge in [0.25, 0.3) is 6.01 Å². The van der Waals surface area contributed by atoms with E-state index in [4.69, 9.17) is 9.15 Å². The van der Waals surface area contributed by atoms with E-state index >= 15 is 0 Å². The van der Waals surface area contributed by atoms with Gasteiger partial charge in [0, 0.05) is 38.7 Å². The van der Waals surface area contributed by atoms with Gasteiger partial charge >= 0.3 is 0 Å². The first-order chi connectivity index (χ1) is 13.1. The lowest BCUT2D eigenvalue weighted by atomic mass is 9.94. The predicted octanol–water partition coefficient (Wildman–Crippen LogP) is 1.40. The molecule has 2 aliphatic heterocycles. The topological polar surface area (TPSA) is 87.9 Å². The van der Waals surface area contributed by atoms with E-state index in [0.29, 0.717) is 25.5 Å². The molecule has 1 aromatic carbocycles. The molecule has 144 valence electrons. The van der Waals surface area contributed by atoms with E-state index in [9.17, 15) is 9.59 Å². The van der Waals surface area contributed by atoms with Gasteiger partial charge in [-0.3, -0.25) is 9.59 Å². The Bertz CT molecular complexity index is 849. The van der Waals surface area contributed by atoms with Gasteiger partial charge in [0.2, 0.25) is 11.8 Å². The Balaban J connectivity index is 1.42. The number of carbonyl (C=O) groups is 2. The molecule has 27 heavy (non-hydrogen) atoms. The number of hydrogen-bond acceptors (Lipinski definition) is 6. The monoisotopic (exact) mass is 372 g/mol. The Hall–Kier alpha value is -2.77. The van der Waals surface area contributed by atoms with Gasteiger partial charge < -0.3 is 24.3 Å². The van der Waals surface area contributed by atoms with Crippen LogP contribution in [0.2, 0.25) is 0 Å². The summed E-state index contributed by atoms with van der Waals surface area (Å²) in [6.45, 7) is 2.89. The Labute approximate surface area is 157 Å². The van der Waals surface area contributed by atoms with Gasteiger partial charge in [0.1, 0.15) is 11.3 Å². The lowest BCUT2D eigenvalue weighted by Gasteiger charge is -2.33. The smallest absolute Gasteiger partial charge is 0.298 e. The molecule has 0 aliphatic carbocycles. The minimum atomic E-state index is -0.0817. The number of anilines is 1. The summed E-state index contributed by atoms with van der Waals surface area (Å²) in [5.41, 5.74) is 1.49. The summed E-state index contributed by atoms with van der Waals surface area (Å²) in [7, 11) is 1.63. The highest BCUT2D eigenvalue weighted by molar-refractivity contribution is 5.86. The summed E-state index contributed by atoms with van der Waals surface area (Å²) in [4.78, 5) is 32.4. The molecule has 0 saturated carbocycles. The molecule has 2 aliphatic rings. The van der Waals surface area contributed by atoms with E-state index in [-0.39, 0.29) is 24.3 Å². The molecular formula is C19H24N4O4. The Kier molecular flexibility index (Phi) is 4.87. The van der Waals surface area contributed by atoms with Crippen LogP contribution < -0.4 is 15.0 Å². The van der Waals surface area contributed by atoms with Crippen LogP contribution in [0.15, 0.2) is 22.6 Å². The fourth-order valence-electron chi connectivity index (χ4n) is 3.79. The van der Waals surface area contributed by atoms with Crippen molar-refractivity contribution in [3.63, 3.8) is 0 Å². The number of ether oxygens (including phenoxy) is 1. The number of rotatable bonds is 4. The van der Waals surface area contributed by atoms with Crippen molar-refractivity contribution in [2.24, 2.45) is 5.92 Å². The van der Waals surface area contributed by atoms with Gasteiger partial charge in [-0.15, -0.1) is 0 Å². The molecule has 1 atom stereocenters. The van der Waals surface area contributed by atoms with Crippen molar-refractivity contribution in [3.8, 4) is 5.75 Å². The second-order valence-corrected chi connectivity index (χ2v) is 7.15. The number of hydrogen-bond donors (Lipinski definition) is 1. The highest BCUT2D eigenvalue weighted by Gasteiger charge is 2.28. The fourth-order valence-corrected chi connectivity index (χ4v) is 3.79. The van der Waals surface area contributed by atoms with Crippen molar-refractivity contribution in [2.45, 2.75) is 19.3 Å². The predicted molar refractivity (Wildman–Crippen MR) is 99.7 cm³/mol. The number of fused-ring (bicyclic) bond motifs is 1. The van der Waals surface area contributed by atoms with Crippen molar-refractivity contribution >= 4 is 28.9 Å². The first-order valence-corrected chi connectivity index (χ1v) is 9.36. The van der Waals surface area contributed by atoms with Crippen molar-refractivity contribution in [1.29, 1.82) is 0 Å². The molecule has 1 unspecified atom stereocenters. The van der Waals surface area contributed by atoms with Crippen LogP contribution in [0.5, 0.6) is 5.75 Å². The second-order valence-electron chi connectivity index (χ2n) is 7.15. The van der Waals surface area contributed by atoms with Gasteiger partial charge in [-0.1, -0.05) is 0 Å². The average molecular weight is 372 g/mol. The molecule has 0 radical (unpaired) electrons. The molecular weight excluding hydrogens is 348 g/mol. The molecule has 0 spiro atoms. The first kappa shape index (κ1) is 17.6. The standard InChI is InChI=1S/C19H24N4O4/c1-26-14-4-5-16-15(10-14)21-19(27-16)23-7-2-3-13(11-23)9-18(25)22-8-6-20-17(24)12-22/h4-5,10,13H,2-3,6-9,11-12H2,1H3,(H,20,24). The van der Waals surface area contributed by atoms with E-state index in [1.807, 2.05) is 18.2 Å². The third kappa shape index (κ3) is 3.84. The van der Waals surface area contributed by atoms with Crippen molar-refractivity contribution in [3.05, 3.63) is 18.2 Å². The highest BCUT2D eigenvalue weighted by Crippen LogP contribution is 2.29. The number of piperidine rings is 1. The highest BCUT2D eigenvalue weighted by atomic mass is 16.5. The van der Waals surface area contributed by atoms with Gasteiger partial charge in [-0.25, -0.2) is 0 Å². The summed E-state index contributed by atoms with van der Waals surface area (Å²) >= 11 is 0. The third-order valence-corrected chi connectivity index (χ3v) is 5.23. The number of amides is 2. The van der Waals surface area contributed by atoms with Gasteiger partial charge in [0.15, 0.2) is 5.58 Å². The minimum absolute atomic E-state index is 0.0546. The maximum Gasteiger partial charge on any atom is 0.298 e. The van der Waals surface area contributed by atoms with E-state index in [0.717, 1.165) is 42.8 Å². The van der Waals surface area contributed by atoms with Gasteiger partial charge in [0.05, 0.1) is 13.7 Å². The molecule has 3 heterocycles. The number of aromatic nitrogens is 1. The van der Waals surface area contributed by atoms with Crippen LogP contribution in [0.3, 0.4) is 0 Å². The summed E-state index contributed by atoms with van der Waals surface area (Å²) in [5.74, 6) is 0.955. The van der Waals surface area contributed by atoms with E-state index in [2.05, 4.69) is 15.2 Å². The molecule has 1 N–H and O–H groups in total. The van der Waals surface area contributed by atoms with Crippen LogP contribution in [-0.2, 0) is 9.59 Å². The maximum atomic E-state index is 12.5. The minimum Gasteiger partial charge on any atom is -0.497 e. The van der Waals surface area contributed by atoms with Gasteiger partial charge in [-0.2, -0.15) is 4.98 Å². The molecule has 2 fully saturated rings. The van der Waals surface area contributed by atoms with E-state index in [1.165, 1.54) is 0 Å². The van der Waals surface area contributed by atoms with Crippen LogP contribution in [0.25, 0.3) is 11.1 Å². The molecule has 2 amide bonds. The van der Waals surface area contributed by atoms with Crippen LogP contribution in [0.1, 0.15) is 19.3 Å². The zero-order valence-electron chi connectivity index (χ0n) is 15.4. The quantitative estimate of drug-likeness (QED) is 0.873. The number of carbonyl (C=O) groups excluding carboxylic acids is 2. The lowest BCUT2D eigenvalue weighted by molar-refractivity contribution is -0.139. The maximum absolute atomic E-state index is 12.5. The van der Waals surface area contributed by atoms with Crippen molar-refractivity contribution < 1.29 is 18.7 Å². The zero-order chi connectivity index (χ0) is 18.8. The molecule has 8 nitrogen and oxygen atoms in total. The molecule has 2 saturated heterocycles. The Morgan fingerprint density at radius 3 is 3.11 bits per heavy atom. The number of piperazine rings is 1. The number of nitrogens with one attached hydrogen (secondary N) is 1. The Morgan fingerprint density at radius 2 is 2.30 bits per heavy atom. The second kappa shape index (κ2) is 7.46.